The highest BCUT2D eigenvalue weighted by molar-refractivity contribution is 5.88. The third kappa shape index (κ3) is 3.25. The van der Waals surface area contributed by atoms with Gasteiger partial charge in [-0.1, -0.05) is 0 Å². The lowest BCUT2D eigenvalue weighted by molar-refractivity contribution is -0.114. The SMILES string of the molecule is COCCn1cc(NC(C)=O)cn1. The monoisotopic (exact) mass is 183 g/mol. The molecule has 1 aromatic heterocycles. The van der Waals surface area contributed by atoms with E-state index in [9.17, 15) is 4.79 Å². The molecule has 0 radical (unpaired) electrons. The van der Waals surface area contributed by atoms with Gasteiger partial charge in [-0.05, 0) is 0 Å². The molecule has 0 aliphatic heterocycles. The van der Waals surface area contributed by atoms with E-state index in [2.05, 4.69) is 10.4 Å². The summed E-state index contributed by atoms with van der Waals surface area (Å²) in [5.74, 6) is -0.0914. The molecule has 1 heterocycles. The first-order valence-electron chi connectivity index (χ1n) is 4.01. The fourth-order valence-electron chi connectivity index (χ4n) is 0.938. The third-order valence-electron chi connectivity index (χ3n) is 1.48. The Morgan fingerprint density at radius 2 is 2.54 bits per heavy atom. The number of nitrogens with one attached hydrogen (secondary N) is 1. The van der Waals surface area contributed by atoms with Crippen molar-refractivity contribution < 1.29 is 9.53 Å². The molecule has 0 aliphatic carbocycles. The lowest BCUT2D eigenvalue weighted by Crippen LogP contribution is -2.06. The Hall–Kier alpha value is -1.36. The average molecular weight is 183 g/mol. The van der Waals surface area contributed by atoms with Crippen molar-refractivity contribution in [3.8, 4) is 0 Å². The first-order chi connectivity index (χ1) is 6.22. The number of nitrogens with zero attached hydrogens (tertiary/aromatic N) is 2. The number of carbonyl (C=O) groups is 1. The van der Waals surface area contributed by atoms with Crippen LogP contribution in [0.2, 0.25) is 0 Å². The summed E-state index contributed by atoms with van der Waals surface area (Å²) in [5, 5.41) is 6.67. The standard InChI is InChI=1S/C8H13N3O2/c1-7(12)10-8-5-9-11(6-8)3-4-13-2/h5-6H,3-4H2,1-2H3,(H,10,12). The van der Waals surface area contributed by atoms with Crippen molar-refractivity contribution >= 4 is 11.6 Å². The molecule has 0 fully saturated rings. The third-order valence-corrected chi connectivity index (χ3v) is 1.48. The van der Waals surface area contributed by atoms with Gasteiger partial charge in [0.25, 0.3) is 0 Å². The van der Waals surface area contributed by atoms with Crippen LogP contribution >= 0.6 is 0 Å². The van der Waals surface area contributed by atoms with Crippen molar-refractivity contribution in [2.75, 3.05) is 19.0 Å². The van der Waals surface area contributed by atoms with Gasteiger partial charge in [-0.25, -0.2) is 0 Å². The summed E-state index contributed by atoms with van der Waals surface area (Å²) >= 11 is 0. The molecule has 0 unspecified atom stereocenters. The van der Waals surface area contributed by atoms with Crippen molar-refractivity contribution in [3.63, 3.8) is 0 Å². The summed E-state index contributed by atoms with van der Waals surface area (Å²) < 4.78 is 6.60. The summed E-state index contributed by atoms with van der Waals surface area (Å²) in [4.78, 5) is 10.7. The number of hydrogen-bond donors (Lipinski definition) is 1. The Kier molecular flexibility index (Phi) is 3.45. The second kappa shape index (κ2) is 4.61. The molecular weight excluding hydrogens is 170 g/mol. The number of anilines is 1. The van der Waals surface area contributed by atoms with E-state index in [-0.39, 0.29) is 5.91 Å². The topological polar surface area (TPSA) is 56.1 Å². The van der Waals surface area contributed by atoms with E-state index in [1.165, 1.54) is 6.92 Å². The maximum absolute atomic E-state index is 10.7. The quantitative estimate of drug-likeness (QED) is 0.739. The van der Waals surface area contributed by atoms with Gasteiger partial charge >= 0.3 is 0 Å². The zero-order valence-electron chi connectivity index (χ0n) is 7.78. The van der Waals surface area contributed by atoms with Crippen LogP contribution < -0.4 is 5.32 Å². The molecule has 13 heavy (non-hydrogen) atoms. The first-order valence-corrected chi connectivity index (χ1v) is 4.01. The Labute approximate surface area is 76.7 Å². The molecular formula is C8H13N3O2. The summed E-state index contributed by atoms with van der Waals surface area (Å²) in [7, 11) is 1.64. The molecule has 5 heteroatoms. The maximum Gasteiger partial charge on any atom is 0.221 e. The lowest BCUT2D eigenvalue weighted by atomic mass is 10.5. The Balaban J connectivity index is 2.48. The minimum Gasteiger partial charge on any atom is -0.383 e. The maximum atomic E-state index is 10.7. The van der Waals surface area contributed by atoms with Gasteiger partial charge in [-0.3, -0.25) is 9.48 Å². The van der Waals surface area contributed by atoms with Crippen LogP contribution in [0.15, 0.2) is 12.4 Å². The highest BCUT2D eigenvalue weighted by Gasteiger charge is 1.98. The van der Waals surface area contributed by atoms with Crippen molar-refractivity contribution in [1.29, 1.82) is 0 Å². The van der Waals surface area contributed by atoms with Gasteiger partial charge in [0.05, 0.1) is 25.0 Å². The second-order valence-corrected chi connectivity index (χ2v) is 2.67. The Morgan fingerprint density at radius 3 is 3.15 bits per heavy atom. The number of ether oxygens (including phenoxy) is 1. The molecule has 0 saturated heterocycles. The first kappa shape index (κ1) is 9.73. The zero-order chi connectivity index (χ0) is 9.68. The van der Waals surface area contributed by atoms with Gasteiger partial charge in [0, 0.05) is 20.2 Å². The van der Waals surface area contributed by atoms with Crippen LogP contribution in [0.25, 0.3) is 0 Å². The predicted molar refractivity (Wildman–Crippen MR) is 48.4 cm³/mol. The minimum atomic E-state index is -0.0914. The smallest absolute Gasteiger partial charge is 0.221 e. The van der Waals surface area contributed by atoms with E-state index >= 15 is 0 Å². The summed E-state index contributed by atoms with van der Waals surface area (Å²) in [6, 6.07) is 0. The number of carbonyl (C=O) groups excluding carboxylic acids is 1. The molecule has 5 nitrogen and oxygen atoms in total. The molecule has 1 rings (SSSR count). The normalized spacial score (nSPS) is 10.0. The van der Waals surface area contributed by atoms with Crippen LogP contribution in [0.4, 0.5) is 5.69 Å². The summed E-state index contributed by atoms with van der Waals surface area (Å²) in [5.41, 5.74) is 0.712. The number of rotatable bonds is 4. The van der Waals surface area contributed by atoms with Crippen molar-refractivity contribution in [3.05, 3.63) is 12.4 Å². The molecule has 0 aromatic carbocycles. The zero-order valence-corrected chi connectivity index (χ0v) is 7.78. The van der Waals surface area contributed by atoms with E-state index in [0.29, 0.717) is 18.8 Å². The van der Waals surface area contributed by atoms with Crippen LogP contribution in [0, 0.1) is 0 Å². The van der Waals surface area contributed by atoms with Crippen molar-refractivity contribution in [2.24, 2.45) is 0 Å². The van der Waals surface area contributed by atoms with E-state index < -0.39 is 0 Å². The summed E-state index contributed by atoms with van der Waals surface area (Å²) in [6.07, 6.45) is 3.37. The van der Waals surface area contributed by atoms with Crippen LogP contribution in [0.3, 0.4) is 0 Å². The molecule has 1 amide bonds. The number of amides is 1. The molecule has 0 saturated carbocycles. The molecule has 1 N–H and O–H groups in total. The fourth-order valence-corrected chi connectivity index (χ4v) is 0.938. The summed E-state index contributed by atoms with van der Waals surface area (Å²) in [6.45, 7) is 2.77. The van der Waals surface area contributed by atoms with Crippen LogP contribution in [-0.2, 0) is 16.1 Å². The average Bonchev–Trinajstić information content (AvgIpc) is 2.48. The molecule has 72 valence electrons. The van der Waals surface area contributed by atoms with Gasteiger partial charge in [0.15, 0.2) is 0 Å². The molecule has 0 bridgehead atoms. The van der Waals surface area contributed by atoms with Crippen LogP contribution in [0.5, 0.6) is 0 Å². The Morgan fingerprint density at radius 1 is 1.77 bits per heavy atom. The molecule has 1 aromatic rings. The Bertz CT molecular complexity index is 283. The van der Waals surface area contributed by atoms with Gasteiger partial charge in [0.2, 0.25) is 5.91 Å². The number of hydrogen-bond acceptors (Lipinski definition) is 3. The molecule has 0 atom stereocenters. The fraction of sp³-hybridized carbons (Fsp3) is 0.500. The van der Waals surface area contributed by atoms with Gasteiger partial charge < -0.3 is 10.1 Å². The van der Waals surface area contributed by atoms with E-state index in [1.807, 2.05) is 0 Å². The van der Waals surface area contributed by atoms with E-state index in [4.69, 9.17) is 4.74 Å². The predicted octanol–water partition coefficient (Wildman–Crippen LogP) is 0.488. The van der Waals surface area contributed by atoms with E-state index in [0.717, 1.165) is 0 Å². The second-order valence-electron chi connectivity index (χ2n) is 2.67. The highest BCUT2D eigenvalue weighted by atomic mass is 16.5. The largest absolute Gasteiger partial charge is 0.383 e. The van der Waals surface area contributed by atoms with Gasteiger partial charge in [-0.15, -0.1) is 0 Å². The van der Waals surface area contributed by atoms with Crippen LogP contribution in [-0.4, -0.2) is 29.4 Å². The highest BCUT2D eigenvalue weighted by Crippen LogP contribution is 2.03. The molecule has 0 spiro atoms. The van der Waals surface area contributed by atoms with Crippen molar-refractivity contribution in [1.82, 2.24) is 9.78 Å². The van der Waals surface area contributed by atoms with E-state index in [1.54, 1.807) is 24.2 Å². The van der Waals surface area contributed by atoms with Gasteiger partial charge in [-0.2, -0.15) is 5.10 Å². The van der Waals surface area contributed by atoms with Crippen LogP contribution in [0.1, 0.15) is 6.92 Å². The van der Waals surface area contributed by atoms with Gasteiger partial charge in [0.1, 0.15) is 0 Å². The molecule has 0 aliphatic rings. The van der Waals surface area contributed by atoms with Crippen molar-refractivity contribution in [2.45, 2.75) is 13.5 Å². The minimum absolute atomic E-state index is 0.0914. The number of aromatic nitrogens is 2. The lowest BCUT2D eigenvalue weighted by Gasteiger charge is -1.98. The number of methoxy groups -OCH3 is 1.